The number of aromatic nitrogens is 1. The van der Waals surface area contributed by atoms with Gasteiger partial charge in [-0.2, -0.15) is 0 Å². The van der Waals surface area contributed by atoms with Crippen LogP contribution in [0, 0.1) is 0 Å². The fourth-order valence-electron chi connectivity index (χ4n) is 2.89. The Morgan fingerprint density at radius 2 is 2.00 bits per heavy atom. The number of pyridine rings is 1. The molecule has 134 valence electrons. The van der Waals surface area contributed by atoms with Crippen molar-refractivity contribution in [1.82, 2.24) is 25.4 Å². The first-order valence-corrected chi connectivity index (χ1v) is 9.11. The molecular formula is C18H32N6. The van der Waals surface area contributed by atoms with E-state index in [2.05, 4.69) is 51.2 Å². The van der Waals surface area contributed by atoms with Gasteiger partial charge in [0.2, 0.25) is 0 Å². The van der Waals surface area contributed by atoms with Crippen LogP contribution < -0.4 is 10.6 Å². The summed E-state index contributed by atoms with van der Waals surface area (Å²) in [6, 6.07) is 6.43. The number of hydrogen-bond acceptors (Lipinski definition) is 4. The van der Waals surface area contributed by atoms with Gasteiger partial charge in [0.25, 0.3) is 0 Å². The number of piperazine rings is 1. The standard InChI is InChI=1S/C18H32N6/c1-4-19-18(22-15-17-8-6-7-9-20-17)21-14-16(3)24-12-10-23(5-2)11-13-24/h6-9,16H,4-5,10-15H2,1-3H3,(H2,19,21,22). The molecule has 24 heavy (non-hydrogen) atoms. The first kappa shape index (κ1) is 18.7. The lowest BCUT2D eigenvalue weighted by molar-refractivity contribution is 0.107. The SMILES string of the molecule is CCNC(=NCc1ccccn1)NCC(C)N1CCN(CC)CC1. The van der Waals surface area contributed by atoms with Gasteiger partial charge in [0.05, 0.1) is 12.2 Å². The normalized spacial score (nSPS) is 18.4. The predicted octanol–water partition coefficient (Wildman–Crippen LogP) is 1.16. The second-order valence-corrected chi connectivity index (χ2v) is 6.22. The Balaban J connectivity index is 1.80. The molecular weight excluding hydrogens is 300 g/mol. The largest absolute Gasteiger partial charge is 0.357 e. The summed E-state index contributed by atoms with van der Waals surface area (Å²) in [5.74, 6) is 0.863. The topological polar surface area (TPSA) is 55.8 Å². The Labute approximate surface area is 146 Å². The van der Waals surface area contributed by atoms with Crippen LogP contribution in [0.15, 0.2) is 29.4 Å². The molecule has 0 bridgehead atoms. The van der Waals surface area contributed by atoms with Crippen LogP contribution in [0.25, 0.3) is 0 Å². The molecule has 0 amide bonds. The lowest BCUT2D eigenvalue weighted by Gasteiger charge is -2.37. The molecule has 6 heteroatoms. The molecule has 0 aliphatic carbocycles. The van der Waals surface area contributed by atoms with Gasteiger partial charge in [-0.1, -0.05) is 13.0 Å². The summed E-state index contributed by atoms with van der Waals surface area (Å²) in [6.07, 6.45) is 1.81. The van der Waals surface area contributed by atoms with Crippen molar-refractivity contribution in [1.29, 1.82) is 0 Å². The van der Waals surface area contributed by atoms with E-state index in [-0.39, 0.29) is 0 Å². The van der Waals surface area contributed by atoms with Crippen molar-refractivity contribution >= 4 is 5.96 Å². The minimum absolute atomic E-state index is 0.503. The van der Waals surface area contributed by atoms with Crippen LogP contribution in [-0.2, 0) is 6.54 Å². The molecule has 1 aliphatic rings. The van der Waals surface area contributed by atoms with E-state index in [1.165, 1.54) is 13.1 Å². The summed E-state index contributed by atoms with van der Waals surface area (Å²) in [4.78, 5) is 14.0. The van der Waals surface area contributed by atoms with Crippen molar-refractivity contribution in [3.63, 3.8) is 0 Å². The van der Waals surface area contributed by atoms with Gasteiger partial charge in [0.15, 0.2) is 5.96 Å². The highest BCUT2D eigenvalue weighted by Gasteiger charge is 2.20. The smallest absolute Gasteiger partial charge is 0.191 e. The zero-order chi connectivity index (χ0) is 17.2. The zero-order valence-electron chi connectivity index (χ0n) is 15.3. The maximum Gasteiger partial charge on any atom is 0.191 e. The summed E-state index contributed by atoms with van der Waals surface area (Å²) in [5.41, 5.74) is 0.985. The molecule has 1 saturated heterocycles. The third-order valence-corrected chi connectivity index (χ3v) is 4.51. The van der Waals surface area contributed by atoms with Gasteiger partial charge in [-0.05, 0) is 32.5 Å². The molecule has 2 rings (SSSR count). The molecule has 0 saturated carbocycles. The fraction of sp³-hybridized carbons (Fsp3) is 0.667. The molecule has 1 aliphatic heterocycles. The fourth-order valence-corrected chi connectivity index (χ4v) is 2.89. The molecule has 0 spiro atoms. The molecule has 1 fully saturated rings. The minimum atomic E-state index is 0.503. The van der Waals surface area contributed by atoms with Gasteiger partial charge in [-0.15, -0.1) is 0 Å². The van der Waals surface area contributed by atoms with Crippen molar-refractivity contribution in [2.24, 2.45) is 4.99 Å². The minimum Gasteiger partial charge on any atom is -0.357 e. The summed E-state index contributed by atoms with van der Waals surface area (Å²) < 4.78 is 0. The number of nitrogens with zero attached hydrogens (tertiary/aromatic N) is 4. The van der Waals surface area contributed by atoms with Crippen molar-refractivity contribution in [2.75, 3.05) is 45.8 Å². The Bertz CT molecular complexity index is 482. The number of hydrogen-bond donors (Lipinski definition) is 2. The van der Waals surface area contributed by atoms with Crippen LogP contribution in [0.3, 0.4) is 0 Å². The van der Waals surface area contributed by atoms with Crippen molar-refractivity contribution in [3.8, 4) is 0 Å². The Hall–Kier alpha value is -1.66. The molecule has 6 nitrogen and oxygen atoms in total. The van der Waals surface area contributed by atoms with Gasteiger partial charge in [0, 0.05) is 51.5 Å². The quantitative estimate of drug-likeness (QED) is 0.580. The average Bonchev–Trinajstić information content (AvgIpc) is 2.64. The summed E-state index contributed by atoms with van der Waals surface area (Å²) >= 11 is 0. The average molecular weight is 332 g/mol. The molecule has 1 aromatic rings. The van der Waals surface area contributed by atoms with E-state index in [9.17, 15) is 0 Å². The zero-order valence-corrected chi connectivity index (χ0v) is 15.3. The Morgan fingerprint density at radius 3 is 2.62 bits per heavy atom. The number of rotatable bonds is 7. The molecule has 0 aromatic carbocycles. The molecule has 2 heterocycles. The van der Waals surface area contributed by atoms with Crippen molar-refractivity contribution < 1.29 is 0 Å². The van der Waals surface area contributed by atoms with E-state index in [4.69, 9.17) is 0 Å². The molecule has 1 atom stereocenters. The first-order valence-electron chi connectivity index (χ1n) is 9.11. The van der Waals surface area contributed by atoms with Crippen molar-refractivity contribution in [3.05, 3.63) is 30.1 Å². The number of aliphatic imine (C=N–C) groups is 1. The number of likely N-dealkylation sites (N-methyl/N-ethyl adjacent to an activating group) is 1. The van der Waals surface area contributed by atoms with Gasteiger partial charge >= 0.3 is 0 Å². The Kier molecular flexibility index (Phi) is 7.98. The molecule has 0 radical (unpaired) electrons. The van der Waals surface area contributed by atoms with E-state index in [1.54, 1.807) is 0 Å². The van der Waals surface area contributed by atoms with E-state index < -0.39 is 0 Å². The molecule has 2 N–H and O–H groups in total. The molecule has 1 unspecified atom stereocenters. The number of nitrogens with one attached hydrogen (secondary N) is 2. The van der Waals surface area contributed by atoms with Gasteiger partial charge in [-0.25, -0.2) is 4.99 Å². The van der Waals surface area contributed by atoms with Gasteiger partial charge in [0.1, 0.15) is 0 Å². The first-order chi connectivity index (χ1) is 11.7. The second-order valence-electron chi connectivity index (χ2n) is 6.22. The van der Waals surface area contributed by atoms with E-state index in [0.29, 0.717) is 12.6 Å². The van der Waals surface area contributed by atoms with E-state index >= 15 is 0 Å². The van der Waals surface area contributed by atoms with Crippen LogP contribution in [0.5, 0.6) is 0 Å². The highest BCUT2D eigenvalue weighted by molar-refractivity contribution is 5.79. The van der Waals surface area contributed by atoms with Crippen LogP contribution in [0.1, 0.15) is 26.5 Å². The third kappa shape index (κ3) is 6.09. The van der Waals surface area contributed by atoms with Crippen LogP contribution in [0.4, 0.5) is 0 Å². The highest BCUT2D eigenvalue weighted by atomic mass is 15.3. The lowest BCUT2D eigenvalue weighted by Crippen LogP contribution is -2.53. The maximum absolute atomic E-state index is 4.63. The van der Waals surface area contributed by atoms with Gasteiger partial charge < -0.3 is 15.5 Å². The van der Waals surface area contributed by atoms with E-state index in [1.807, 2.05) is 24.4 Å². The van der Waals surface area contributed by atoms with Gasteiger partial charge in [-0.3, -0.25) is 9.88 Å². The second kappa shape index (κ2) is 10.3. The third-order valence-electron chi connectivity index (χ3n) is 4.51. The van der Waals surface area contributed by atoms with Crippen LogP contribution in [0.2, 0.25) is 0 Å². The van der Waals surface area contributed by atoms with Crippen LogP contribution in [-0.4, -0.2) is 72.6 Å². The summed E-state index contributed by atoms with van der Waals surface area (Å²) in [6.45, 7) is 14.8. The summed E-state index contributed by atoms with van der Waals surface area (Å²) in [5, 5.41) is 6.78. The highest BCUT2D eigenvalue weighted by Crippen LogP contribution is 2.05. The Morgan fingerprint density at radius 1 is 1.21 bits per heavy atom. The lowest BCUT2D eigenvalue weighted by atomic mass is 10.2. The number of guanidine groups is 1. The monoisotopic (exact) mass is 332 g/mol. The molecule has 1 aromatic heterocycles. The van der Waals surface area contributed by atoms with Crippen molar-refractivity contribution in [2.45, 2.75) is 33.4 Å². The van der Waals surface area contributed by atoms with Crippen LogP contribution >= 0.6 is 0 Å². The maximum atomic E-state index is 4.63. The predicted molar refractivity (Wildman–Crippen MR) is 100 cm³/mol. The summed E-state index contributed by atoms with van der Waals surface area (Å²) in [7, 11) is 0. The van der Waals surface area contributed by atoms with E-state index in [0.717, 1.165) is 44.4 Å².